The zero-order valence-electron chi connectivity index (χ0n) is 19.0. The molecule has 3 aliphatic rings. The van der Waals surface area contributed by atoms with Crippen LogP contribution >= 0.6 is 11.6 Å². The molecule has 2 aliphatic heterocycles. The number of likely N-dealkylation sites (tertiary alicyclic amines) is 1. The van der Waals surface area contributed by atoms with Gasteiger partial charge in [-0.05, 0) is 42.9 Å². The molecule has 2 aromatic rings. The second-order valence-corrected chi connectivity index (χ2v) is 10.1. The number of halogens is 1. The number of Topliss-reactive ketones (excluding diaryl/α,β-unsaturated/α-hetero) is 1. The van der Waals surface area contributed by atoms with E-state index in [9.17, 15) is 14.4 Å². The quantitative estimate of drug-likeness (QED) is 0.649. The maximum Gasteiger partial charge on any atom is 0.252 e. The second-order valence-electron chi connectivity index (χ2n) is 9.55. The molecule has 2 saturated heterocycles. The van der Waals surface area contributed by atoms with Crippen LogP contribution in [0.4, 0.5) is 0 Å². The highest BCUT2D eigenvalue weighted by molar-refractivity contribution is 6.22. The van der Waals surface area contributed by atoms with E-state index in [1.807, 2.05) is 6.07 Å². The monoisotopic (exact) mass is 485 g/mol. The van der Waals surface area contributed by atoms with E-state index in [2.05, 4.69) is 22.3 Å². The Kier molecular flexibility index (Phi) is 6.40. The lowest BCUT2D eigenvalue weighted by Crippen LogP contribution is -2.55. The molecule has 9 nitrogen and oxygen atoms in total. The number of ketones is 1. The molecule has 10 heteroatoms. The average molecular weight is 486 g/mol. The van der Waals surface area contributed by atoms with Gasteiger partial charge in [0.15, 0.2) is 5.78 Å². The molecule has 4 atom stereocenters. The summed E-state index contributed by atoms with van der Waals surface area (Å²) in [6.07, 6.45) is 6.17. The molecule has 1 unspecified atom stereocenters. The lowest BCUT2D eigenvalue weighted by atomic mass is 9.78. The largest absolute Gasteiger partial charge is 0.366 e. The molecule has 2 amide bonds. The van der Waals surface area contributed by atoms with Crippen molar-refractivity contribution < 1.29 is 19.1 Å². The fourth-order valence-corrected chi connectivity index (χ4v) is 5.72. The highest BCUT2D eigenvalue weighted by Gasteiger charge is 2.53. The molecule has 3 fully saturated rings. The summed E-state index contributed by atoms with van der Waals surface area (Å²) < 4.78 is 7.11. The average Bonchev–Trinajstić information content (AvgIpc) is 3.58. The molecule has 0 radical (unpaired) electrons. The molecule has 5 rings (SSSR count). The number of aromatic nitrogens is 3. The van der Waals surface area contributed by atoms with Crippen LogP contribution in [0.15, 0.2) is 36.9 Å². The molecule has 34 heavy (non-hydrogen) atoms. The van der Waals surface area contributed by atoms with Crippen molar-refractivity contribution in [1.82, 2.24) is 25.0 Å². The van der Waals surface area contributed by atoms with Crippen molar-refractivity contribution in [3.63, 3.8) is 0 Å². The van der Waals surface area contributed by atoms with Crippen LogP contribution in [0.2, 0.25) is 0 Å². The van der Waals surface area contributed by atoms with E-state index in [4.69, 9.17) is 16.3 Å². The highest BCUT2D eigenvalue weighted by Crippen LogP contribution is 2.35. The van der Waals surface area contributed by atoms with Crippen molar-refractivity contribution in [3.8, 4) is 5.69 Å². The zero-order chi connectivity index (χ0) is 23.8. The van der Waals surface area contributed by atoms with Gasteiger partial charge in [0.05, 0.1) is 11.1 Å². The normalized spacial score (nSPS) is 29.6. The van der Waals surface area contributed by atoms with E-state index in [-0.39, 0.29) is 36.7 Å². The molecule has 180 valence electrons. The predicted octanol–water partition coefficient (Wildman–Crippen LogP) is 1.98. The highest BCUT2D eigenvalue weighted by atomic mass is 35.5. The lowest BCUT2D eigenvalue weighted by molar-refractivity contribution is -0.139. The number of alkyl halides is 1. The van der Waals surface area contributed by atoms with Crippen LogP contribution in [0.5, 0.6) is 0 Å². The molecule has 1 aromatic carbocycles. The van der Waals surface area contributed by atoms with Gasteiger partial charge in [0.2, 0.25) is 5.91 Å². The van der Waals surface area contributed by atoms with Crippen LogP contribution in [0, 0.1) is 11.8 Å². The topological polar surface area (TPSA) is 106 Å². The Bertz CT molecular complexity index is 1070. The third-order valence-corrected chi connectivity index (χ3v) is 7.67. The van der Waals surface area contributed by atoms with Crippen LogP contribution in [0.3, 0.4) is 0 Å². The first kappa shape index (κ1) is 23.0. The molecule has 1 aliphatic carbocycles. The number of carbonyl (C=O) groups excluding carboxylic acids is 3. The minimum Gasteiger partial charge on any atom is -0.366 e. The maximum absolute atomic E-state index is 13.8. The first-order valence-electron chi connectivity index (χ1n) is 11.8. The number of benzene rings is 1. The molecular weight excluding hydrogens is 458 g/mol. The van der Waals surface area contributed by atoms with Gasteiger partial charge in [0.1, 0.15) is 37.4 Å². The molecule has 1 saturated carbocycles. The molecule has 3 heterocycles. The summed E-state index contributed by atoms with van der Waals surface area (Å²) in [5.41, 5.74) is 1.12. The van der Waals surface area contributed by atoms with Gasteiger partial charge in [-0.15, -0.1) is 11.6 Å². The summed E-state index contributed by atoms with van der Waals surface area (Å²) in [7, 11) is 0. The number of hydrogen-bond donors (Lipinski definition) is 1. The van der Waals surface area contributed by atoms with Gasteiger partial charge in [-0.3, -0.25) is 14.4 Å². The lowest BCUT2D eigenvalue weighted by Gasteiger charge is -2.35. The van der Waals surface area contributed by atoms with E-state index in [1.165, 1.54) is 11.2 Å². The van der Waals surface area contributed by atoms with Gasteiger partial charge < -0.3 is 15.0 Å². The minimum atomic E-state index is -0.731. The molecule has 0 spiro atoms. The van der Waals surface area contributed by atoms with Crippen LogP contribution in [-0.2, 0) is 14.3 Å². The maximum atomic E-state index is 13.8. The number of nitrogens with one attached hydrogen (secondary N) is 1. The summed E-state index contributed by atoms with van der Waals surface area (Å²) in [5.74, 6) is -0.139. The number of rotatable bonds is 5. The summed E-state index contributed by atoms with van der Waals surface area (Å²) in [6, 6.07) is 5.60. The van der Waals surface area contributed by atoms with Gasteiger partial charge in [-0.2, -0.15) is 5.10 Å². The van der Waals surface area contributed by atoms with Crippen LogP contribution < -0.4 is 5.32 Å². The first-order valence-corrected chi connectivity index (χ1v) is 12.2. The third-order valence-electron chi connectivity index (χ3n) is 7.28. The third kappa shape index (κ3) is 4.34. The van der Waals surface area contributed by atoms with Crippen molar-refractivity contribution in [3.05, 3.63) is 42.5 Å². The predicted molar refractivity (Wildman–Crippen MR) is 124 cm³/mol. The Labute approximate surface area is 202 Å². The zero-order valence-corrected chi connectivity index (χ0v) is 19.7. The second kappa shape index (κ2) is 9.46. The fraction of sp³-hybridized carbons (Fsp3) is 0.542. The Morgan fingerprint density at radius 3 is 2.76 bits per heavy atom. The van der Waals surface area contributed by atoms with Crippen molar-refractivity contribution in [2.75, 3.05) is 13.2 Å². The molecule has 1 aromatic heterocycles. The van der Waals surface area contributed by atoms with Gasteiger partial charge >= 0.3 is 0 Å². The number of fused-ring (bicyclic) bond motifs is 1. The Balaban J connectivity index is 1.39. The first-order chi connectivity index (χ1) is 16.4. The van der Waals surface area contributed by atoms with Crippen molar-refractivity contribution in [2.24, 2.45) is 11.8 Å². The van der Waals surface area contributed by atoms with E-state index in [0.717, 1.165) is 25.7 Å². The van der Waals surface area contributed by atoms with E-state index in [1.54, 1.807) is 29.2 Å². The van der Waals surface area contributed by atoms with Crippen LogP contribution in [0.25, 0.3) is 5.69 Å². The number of carbonyl (C=O) groups is 3. The Morgan fingerprint density at radius 2 is 2.03 bits per heavy atom. The smallest absolute Gasteiger partial charge is 0.252 e. The molecule has 1 N–H and O–H groups in total. The van der Waals surface area contributed by atoms with Gasteiger partial charge in [0.25, 0.3) is 5.91 Å². The summed E-state index contributed by atoms with van der Waals surface area (Å²) >= 11 is 6.42. The van der Waals surface area contributed by atoms with Crippen molar-refractivity contribution in [1.29, 1.82) is 0 Å². The standard InChI is InChI=1S/C24H28ClN5O4/c1-14-5-7-15(8-6-14)20(24(33)29-10-18(25)22-21(29)19(31)11-34-22)28-23(32)16-3-2-4-17(9-16)30-13-26-12-27-30/h2-4,9,12-15,18,20-22H,5-8,10-11H2,1H3,(H,28,32)/t14-,15-,18-,20?,21+,22+/m0/s1. The van der Waals surface area contributed by atoms with E-state index in [0.29, 0.717) is 17.2 Å². The number of hydrogen-bond acceptors (Lipinski definition) is 6. The van der Waals surface area contributed by atoms with Gasteiger partial charge in [-0.1, -0.05) is 25.8 Å². The summed E-state index contributed by atoms with van der Waals surface area (Å²) in [6.45, 7) is 2.41. The van der Waals surface area contributed by atoms with E-state index >= 15 is 0 Å². The SMILES string of the molecule is C[C@H]1CC[C@H](C(NC(=O)c2cccc(-n3cncn3)c2)C(=O)N2C[C@H](Cl)[C@H]3OCC(=O)[C@H]32)CC1. The number of amides is 2. The summed E-state index contributed by atoms with van der Waals surface area (Å²) in [5, 5.41) is 6.67. The molecular formula is C24H28ClN5O4. The number of ether oxygens (including phenoxy) is 1. The van der Waals surface area contributed by atoms with Crippen molar-refractivity contribution in [2.45, 2.75) is 56.2 Å². The minimum absolute atomic E-state index is 0.00334. The number of nitrogens with zero attached hydrogens (tertiary/aromatic N) is 4. The Hall–Kier alpha value is -2.78. The Morgan fingerprint density at radius 1 is 1.24 bits per heavy atom. The van der Waals surface area contributed by atoms with Crippen LogP contribution in [0.1, 0.15) is 43.0 Å². The van der Waals surface area contributed by atoms with E-state index < -0.39 is 23.6 Å². The van der Waals surface area contributed by atoms with Gasteiger partial charge in [-0.25, -0.2) is 9.67 Å². The van der Waals surface area contributed by atoms with Gasteiger partial charge in [0, 0.05) is 12.1 Å². The van der Waals surface area contributed by atoms with Crippen molar-refractivity contribution >= 4 is 29.2 Å². The molecule has 0 bridgehead atoms. The van der Waals surface area contributed by atoms with Crippen LogP contribution in [-0.4, -0.2) is 74.0 Å². The fourth-order valence-electron chi connectivity index (χ4n) is 5.36. The summed E-state index contributed by atoms with van der Waals surface area (Å²) in [4.78, 5) is 45.1.